The molecule has 19 heavy (non-hydrogen) atoms. The Kier molecular flexibility index (Phi) is 5.19. The molecule has 2 heterocycles. The Hall–Kier alpha value is -0.650. The third-order valence-corrected chi connectivity index (χ3v) is 4.54. The zero-order valence-corrected chi connectivity index (χ0v) is 12.6. The molecule has 2 aliphatic rings. The zero-order chi connectivity index (χ0) is 13.8. The van der Waals surface area contributed by atoms with Crippen LogP contribution in [0.4, 0.5) is 0 Å². The number of amides is 1. The van der Waals surface area contributed by atoms with E-state index in [1.165, 1.54) is 0 Å². The second-order valence-corrected chi connectivity index (χ2v) is 5.72. The maximum absolute atomic E-state index is 12.6. The van der Waals surface area contributed by atoms with Gasteiger partial charge in [-0.2, -0.15) is 0 Å². The second kappa shape index (κ2) is 6.68. The fourth-order valence-corrected chi connectivity index (χ4v) is 3.16. The van der Waals surface area contributed by atoms with Crippen molar-refractivity contribution in [3.8, 4) is 0 Å². The normalized spacial score (nSPS) is 28.4. The summed E-state index contributed by atoms with van der Waals surface area (Å²) in [5, 5.41) is 3.34. The van der Waals surface area contributed by atoms with E-state index in [1.807, 2.05) is 0 Å². The highest BCUT2D eigenvalue weighted by Gasteiger charge is 2.31. The van der Waals surface area contributed by atoms with Crippen LogP contribution in [0, 0.1) is 0 Å². The maximum atomic E-state index is 12.6. The Balaban J connectivity index is 1.88. The lowest BCUT2D eigenvalue weighted by atomic mass is 10.1. The third kappa shape index (κ3) is 3.46. The summed E-state index contributed by atoms with van der Waals surface area (Å²) in [6.07, 6.45) is 0. The molecule has 2 atom stereocenters. The lowest BCUT2D eigenvalue weighted by Crippen LogP contribution is -2.58. The highest BCUT2D eigenvalue weighted by Crippen LogP contribution is 2.12. The van der Waals surface area contributed by atoms with Crippen LogP contribution in [0.25, 0.3) is 0 Å². The van der Waals surface area contributed by atoms with Gasteiger partial charge >= 0.3 is 0 Å². The van der Waals surface area contributed by atoms with Crippen LogP contribution >= 0.6 is 0 Å². The number of carbonyl (C=O) groups is 1. The minimum absolute atomic E-state index is 0.0301. The molecule has 0 saturated carbocycles. The Morgan fingerprint density at radius 2 is 1.95 bits per heavy atom. The van der Waals surface area contributed by atoms with Crippen molar-refractivity contribution in [2.75, 3.05) is 52.4 Å². The molecule has 110 valence electrons. The predicted molar refractivity (Wildman–Crippen MR) is 77.2 cm³/mol. The van der Waals surface area contributed by atoms with Gasteiger partial charge < -0.3 is 10.2 Å². The Bertz CT molecular complexity index is 304. The van der Waals surface area contributed by atoms with E-state index in [4.69, 9.17) is 0 Å². The maximum Gasteiger partial charge on any atom is 0.239 e. The van der Waals surface area contributed by atoms with E-state index in [1.54, 1.807) is 0 Å². The van der Waals surface area contributed by atoms with Gasteiger partial charge in [0.05, 0.1) is 6.04 Å². The monoisotopic (exact) mass is 268 g/mol. The smallest absolute Gasteiger partial charge is 0.239 e. The molecule has 0 bridgehead atoms. The van der Waals surface area contributed by atoms with Crippen molar-refractivity contribution in [1.82, 2.24) is 20.0 Å². The van der Waals surface area contributed by atoms with Crippen molar-refractivity contribution < 1.29 is 4.79 Å². The van der Waals surface area contributed by atoms with Crippen LogP contribution in [0.5, 0.6) is 0 Å². The first-order valence-corrected chi connectivity index (χ1v) is 7.61. The van der Waals surface area contributed by atoms with Gasteiger partial charge in [-0.25, -0.2) is 0 Å². The predicted octanol–water partition coefficient (Wildman–Crippen LogP) is -0.167. The van der Waals surface area contributed by atoms with Crippen molar-refractivity contribution >= 4 is 5.91 Å². The summed E-state index contributed by atoms with van der Waals surface area (Å²) in [6.45, 7) is 14.3. The van der Waals surface area contributed by atoms with Gasteiger partial charge in [0.15, 0.2) is 0 Å². The number of nitrogens with zero attached hydrogens (tertiary/aromatic N) is 3. The summed E-state index contributed by atoms with van der Waals surface area (Å²) in [5.41, 5.74) is 0. The molecule has 2 fully saturated rings. The number of nitrogens with one attached hydrogen (secondary N) is 1. The summed E-state index contributed by atoms with van der Waals surface area (Å²) < 4.78 is 0. The average Bonchev–Trinajstić information content (AvgIpc) is 2.46. The van der Waals surface area contributed by atoms with E-state index in [2.05, 4.69) is 40.8 Å². The fraction of sp³-hybridized carbons (Fsp3) is 0.929. The van der Waals surface area contributed by atoms with Crippen molar-refractivity contribution in [1.29, 1.82) is 0 Å². The molecule has 0 aliphatic carbocycles. The first kappa shape index (κ1) is 14.8. The molecule has 0 radical (unpaired) electrons. The van der Waals surface area contributed by atoms with Crippen LogP contribution in [-0.4, -0.2) is 85.0 Å². The number of piperazine rings is 2. The van der Waals surface area contributed by atoms with Gasteiger partial charge in [0.2, 0.25) is 5.91 Å². The van der Waals surface area contributed by atoms with Crippen LogP contribution in [-0.2, 0) is 4.79 Å². The van der Waals surface area contributed by atoms with E-state index in [0.717, 1.165) is 52.4 Å². The minimum Gasteiger partial charge on any atom is -0.339 e. The van der Waals surface area contributed by atoms with Crippen LogP contribution in [0.15, 0.2) is 0 Å². The van der Waals surface area contributed by atoms with Gasteiger partial charge in [0.25, 0.3) is 0 Å². The molecular weight excluding hydrogens is 240 g/mol. The summed E-state index contributed by atoms with van der Waals surface area (Å²) in [4.78, 5) is 19.4. The number of likely N-dealkylation sites (N-methyl/N-ethyl adjacent to an activating group) is 1. The van der Waals surface area contributed by atoms with E-state index in [9.17, 15) is 4.79 Å². The number of hydrogen-bond donors (Lipinski definition) is 1. The molecule has 2 rings (SSSR count). The quantitative estimate of drug-likeness (QED) is 0.771. The van der Waals surface area contributed by atoms with Crippen LogP contribution < -0.4 is 5.32 Å². The average molecular weight is 268 g/mol. The molecular formula is C14H28N4O. The molecule has 0 aromatic rings. The lowest BCUT2D eigenvalue weighted by molar-refractivity contribution is -0.139. The van der Waals surface area contributed by atoms with Crippen molar-refractivity contribution in [3.05, 3.63) is 0 Å². The summed E-state index contributed by atoms with van der Waals surface area (Å²) in [5.74, 6) is 0.310. The van der Waals surface area contributed by atoms with Crippen molar-refractivity contribution in [2.24, 2.45) is 0 Å². The highest BCUT2D eigenvalue weighted by molar-refractivity contribution is 5.81. The molecule has 5 nitrogen and oxygen atoms in total. The standard InChI is InChI=1S/C14H28N4O/c1-4-16-9-10-18(11-12(16)2)14(19)13(3)17-7-5-15-6-8-17/h12-13,15H,4-11H2,1-3H3. The van der Waals surface area contributed by atoms with Crippen LogP contribution in [0.2, 0.25) is 0 Å². The fourth-order valence-electron chi connectivity index (χ4n) is 3.16. The number of carbonyl (C=O) groups excluding carboxylic acids is 1. The van der Waals surface area contributed by atoms with E-state index in [-0.39, 0.29) is 6.04 Å². The molecule has 2 saturated heterocycles. The lowest BCUT2D eigenvalue weighted by Gasteiger charge is -2.42. The van der Waals surface area contributed by atoms with Crippen molar-refractivity contribution in [2.45, 2.75) is 32.9 Å². The Morgan fingerprint density at radius 1 is 1.26 bits per heavy atom. The van der Waals surface area contributed by atoms with E-state index >= 15 is 0 Å². The zero-order valence-electron chi connectivity index (χ0n) is 12.6. The molecule has 2 aliphatic heterocycles. The van der Waals surface area contributed by atoms with Crippen LogP contribution in [0.3, 0.4) is 0 Å². The largest absolute Gasteiger partial charge is 0.339 e. The summed E-state index contributed by atoms with van der Waals surface area (Å²) in [7, 11) is 0. The van der Waals surface area contributed by atoms with Gasteiger partial charge in [-0.3, -0.25) is 14.6 Å². The molecule has 0 aromatic heterocycles. The highest BCUT2D eigenvalue weighted by atomic mass is 16.2. The van der Waals surface area contributed by atoms with Gasteiger partial charge in [0.1, 0.15) is 0 Å². The third-order valence-electron chi connectivity index (χ3n) is 4.54. The summed E-state index contributed by atoms with van der Waals surface area (Å²) >= 11 is 0. The Labute approximate surface area is 116 Å². The summed E-state index contributed by atoms with van der Waals surface area (Å²) in [6, 6.07) is 0.514. The van der Waals surface area contributed by atoms with Gasteiger partial charge in [0, 0.05) is 51.9 Å². The Morgan fingerprint density at radius 3 is 2.53 bits per heavy atom. The first-order chi connectivity index (χ1) is 9.13. The van der Waals surface area contributed by atoms with Gasteiger partial charge in [-0.1, -0.05) is 6.92 Å². The van der Waals surface area contributed by atoms with Gasteiger partial charge in [-0.15, -0.1) is 0 Å². The second-order valence-electron chi connectivity index (χ2n) is 5.72. The minimum atomic E-state index is 0.0301. The van der Waals surface area contributed by atoms with E-state index in [0.29, 0.717) is 11.9 Å². The molecule has 2 unspecified atom stereocenters. The van der Waals surface area contributed by atoms with E-state index < -0.39 is 0 Å². The molecule has 1 amide bonds. The van der Waals surface area contributed by atoms with Crippen LogP contribution in [0.1, 0.15) is 20.8 Å². The molecule has 0 spiro atoms. The van der Waals surface area contributed by atoms with Gasteiger partial charge in [-0.05, 0) is 20.4 Å². The molecule has 0 aromatic carbocycles. The molecule has 5 heteroatoms. The van der Waals surface area contributed by atoms with Crippen molar-refractivity contribution in [3.63, 3.8) is 0 Å². The SMILES string of the molecule is CCN1CCN(C(=O)C(C)N2CCNCC2)CC1C. The first-order valence-electron chi connectivity index (χ1n) is 7.61. The topological polar surface area (TPSA) is 38.8 Å². The number of hydrogen-bond acceptors (Lipinski definition) is 4. The molecule has 1 N–H and O–H groups in total. The number of rotatable bonds is 3.